The number of esters is 4. The fourth-order valence-corrected chi connectivity index (χ4v) is 6.54. The summed E-state index contributed by atoms with van der Waals surface area (Å²) in [5.41, 5.74) is -10.8. The Labute approximate surface area is 368 Å². The van der Waals surface area contributed by atoms with Gasteiger partial charge in [0.2, 0.25) is 0 Å². The highest BCUT2D eigenvalue weighted by molar-refractivity contribution is 5.82. The molecule has 0 aromatic carbocycles. The molecule has 1 aliphatic carbocycles. The maximum atomic E-state index is 15.2. The molecule has 0 saturated heterocycles. The molecule has 0 aromatic heterocycles. The van der Waals surface area contributed by atoms with Crippen LogP contribution in [-0.4, -0.2) is 124 Å². The van der Waals surface area contributed by atoms with Crippen molar-refractivity contribution in [2.24, 2.45) is 16.2 Å². The van der Waals surface area contributed by atoms with E-state index in [4.69, 9.17) is 23.7 Å². The second-order valence-electron chi connectivity index (χ2n) is 17.3. The lowest BCUT2D eigenvalue weighted by atomic mass is 9.62. The molecule has 1 fully saturated rings. The van der Waals surface area contributed by atoms with Gasteiger partial charge in [-0.25, -0.2) is 24.0 Å². The van der Waals surface area contributed by atoms with Gasteiger partial charge in [-0.3, -0.25) is 9.53 Å². The lowest BCUT2D eigenvalue weighted by Crippen LogP contribution is -2.63. The first-order valence-electron chi connectivity index (χ1n) is 19.4. The highest BCUT2D eigenvalue weighted by Gasteiger charge is 2.72. The van der Waals surface area contributed by atoms with Crippen molar-refractivity contribution in [2.45, 2.75) is 116 Å². The molecule has 0 spiro atoms. The van der Waals surface area contributed by atoms with E-state index in [-0.39, 0.29) is 47.1 Å². The number of hydrogen-bond acceptors (Lipinski definition) is 14. The van der Waals surface area contributed by atoms with Crippen molar-refractivity contribution in [3.8, 4) is 0 Å². The second kappa shape index (κ2) is 22.4. The second-order valence-corrected chi connectivity index (χ2v) is 17.3. The van der Waals surface area contributed by atoms with E-state index in [0.29, 0.717) is 6.42 Å². The average Bonchev–Trinajstić information content (AvgIpc) is 3.16. The van der Waals surface area contributed by atoms with E-state index >= 15 is 8.78 Å². The predicted octanol–water partition coefficient (Wildman–Crippen LogP) is 7.10. The number of nitrogens with one attached hydrogen (secondary N) is 2. The van der Waals surface area contributed by atoms with Crippen molar-refractivity contribution in [3.05, 3.63) is 38.0 Å². The topological polar surface area (TPSA) is 200 Å². The first kappa shape index (κ1) is 57.9. The minimum absolute atomic E-state index is 0.0521. The summed E-state index contributed by atoms with van der Waals surface area (Å²) in [7, 11) is 0. The largest absolute Gasteiger partial charge is 0.523 e. The van der Waals surface area contributed by atoms with Crippen molar-refractivity contribution in [1.82, 2.24) is 10.6 Å². The van der Waals surface area contributed by atoms with E-state index in [1.807, 2.05) is 0 Å². The van der Waals surface area contributed by atoms with Crippen LogP contribution >= 0.6 is 0 Å². The third-order valence-corrected chi connectivity index (χ3v) is 9.71. The van der Waals surface area contributed by atoms with Gasteiger partial charge in [-0.2, -0.15) is 26.3 Å². The number of carbonyl (C=O) groups is 6. The molecule has 0 heterocycles. The van der Waals surface area contributed by atoms with Crippen LogP contribution in [-0.2, 0) is 57.1 Å². The molecule has 0 radical (unpaired) electrons. The lowest BCUT2D eigenvalue weighted by Gasteiger charge is -2.46. The van der Waals surface area contributed by atoms with E-state index in [1.165, 1.54) is 0 Å². The maximum absolute atomic E-state index is 15.2. The maximum Gasteiger partial charge on any atom is 0.523 e. The van der Waals surface area contributed by atoms with Crippen molar-refractivity contribution in [1.29, 1.82) is 0 Å². The summed E-state index contributed by atoms with van der Waals surface area (Å²) in [6.45, 7) is 10.1. The third-order valence-electron chi connectivity index (χ3n) is 9.71. The van der Waals surface area contributed by atoms with Gasteiger partial charge in [0, 0.05) is 30.8 Å². The van der Waals surface area contributed by atoms with Gasteiger partial charge < -0.3 is 43.8 Å². The van der Waals surface area contributed by atoms with Crippen LogP contribution in [0.1, 0.15) is 74.1 Å². The van der Waals surface area contributed by atoms with Gasteiger partial charge in [-0.1, -0.05) is 40.5 Å². The Kier molecular flexibility index (Phi) is 20.0. The number of ether oxygens (including phenoxy) is 8. The number of alkyl halides is 9. The molecular formula is C40H55F9N2O14. The average molecular weight is 959 g/mol. The first-order valence-corrected chi connectivity index (χ1v) is 19.4. The van der Waals surface area contributed by atoms with Gasteiger partial charge in [0.1, 0.15) is 49.7 Å². The normalized spacial score (nSPS) is 18.2. The molecule has 2 unspecified atom stereocenters. The van der Waals surface area contributed by atoms with Gasteiger partial charge in [-0.15, -0.1) is 13.2 Å². The van der Waals surface area contributed by atoms with Crippen LogP contribution < -0.4 is 10.6 Å². The number of alkyl carbamates (subject to hydrolysis) is 2. The van der Waals surface area contributed by atoms with Crippen molar-refractivity contribution >= 4 is 36.1 Å². The molecule has 372 valence electrons. The Bertz CT molecular complexity index is 1710. The molecule has 1 rings (SSSR count). The number of hydrogen-bond donors (Lipinski definition) is 2. The van der Waals surface area contributed by atoms with Crippen LogP contribution in [0.3, 0.4) is 0 Å². The Hall–Kier alpha value is -5.07. The summed E-state index contributed by atoms with van der Waals surface area (Å²) in [4.78, 5) is 73.6. The van der Waals surface area contributed by atoms with E-state index in [0.717, 1.165) is 18.2 Å². The Morgan fingerprint density at radius 3 is 1.62 bits per heavy atom. The van der Waals surface area contributed by atoms with E-state index in [1.54, 1.807) is 20.8 Å². The van der Waals surface area contributed by atoms with Gasteiger partial charge in [0.05, 0.1) is 6.42 Å². The summed E-state index contributed by atoms with van der Waals surface area (Å²) in [6.07, 6.45) is -11.7. The fraction of sp³-hybridized carbons (Fsp3) is 0.700. The van der Waals surface area contributed by atoms with E-state index in [9.17, 15) is 59.5 Å². The van der Waals surface area contributed by atoms with E-state index < -0.39 is 140 Å². The van der Waals surface area contributed by atoms with Gasteiger partial charge in [0.15, 0.2) is 6.61 Å². The van der Waals surface area contributed by atoms with Gasteiger partial charge in [-0.05, 0) is 57.8 Å². The Balaban J connectivity index is 3.08. The minimum atomic E-state index is -5.97. The molecule has 1 aliphatic rings. The molecule has 2 N–H and O–H groups in total. The zero-order valence-corrected chi connectivity index (χ0v) is 36.8. The molecule has 65 heavy (non-hydrogen) atoms. The number of amides is 2. The minimum Gasteiger partial charge on any atom is -0.465 e. The van der Waals surface area contributed by atoms with Gasteiger partial charge >= 0.3 is 60.4 Å². The molecule has 0 aromatic rings. The molecular weight excluding hydrogens is 903 g/mol. The molecule has 2 atom stereocenters. The lowest BCUT2D eigenvalue weighted by molar-refractivity contribution is -0.458. The summed E-state index contributed by atoms with van der Waals surface area (Å²) >= 11 is 0. The smallest absolute Gasteiger partial charge is 0.465 e. The molecule has 25 heteroatoms. The molecule has 1 saturated carbocycles. The van der Waals surface area contributed by atoms with Crippen LogP contribution in [0.5, 0.6) is 0 Å². The summed E-state index contributed by atoms with van der Waals surface area (Å²) < 4.78 is 164. The molecule has 2 amide bonds. The number of halogens is 9. The fourth-order valence-electron chi connectivity index (χ4n) is 6.54. The summed E-state index contributed by atoms with van der Waals surface area (Å²) in [5.74, 6) is -14.1. The Morgan fingerprint density at radius 1 is 0.631 bits per heavy atom. The van der Waals surface area contributed by atoms with Crippen LogP contribution in [0.2, 0.25) is 0 Å². The SMILES string of the molecule is C=CC(=O)OCCC(=O)OCC(COC(=O)C=C)(COC(=O)C=C)COC(=O)NCC1(C)CC(NC(=O)OCC(F)(F)C(C)(C)OC(F)(F)C(F)(F)C(C)(C)OC(F)(F)F)CC(C)(C)C1. The number of rotatable bonds is 25. The Morgan fingerprint density at radius 2 is 1.11 bits per heavy atom. The van der Waals surface area contributed by atoms with Crippen LogP contribution in [0.4, 0.5) is 49.1 Å². The van der Waals surface area contributed by atoms with Crippen LogP contribution in [0, 0.1) is 16.2 Å². The molecule has 0 bridgehead atoms. The monoisotopic (exact) mass is 958 g/mol. The van der Waals surface area contributed by atoms with Gasteiger partial charge in [0.25, 0.3) is 0 Å². The quantitative estimate of drug-likeness (QED) is 0.0406. The van der Waals surface area contributed by atoms with Crippen molar-refractivity contribution in [2.75, 3.05) is 46.2 Å². The third kappa shape index (κ3) is 18.4. The standard InChI is InChI=1S/C40H55F9N2O14/c1-11-26(52)58-15-14-29(55)61-22-36(20-59-27(53)12-2,21-60-28(54)13-3)23-62-30(56)50-19-35(10)17-25(16-32(4,5)18-35)51-31(57)63-24-37(41,42)33(6,7)64-39(45,46)38(43,44)34(8,9)65-40(47,48)49/h11-13,25H,1-3,14-24H2,4-10H3,(H,50,56)(H,51,57). The van der Waals surface area contributed by atoms with Crippen molar-refractivity contribution < 1.29 is 106 Å². The summed E-state index contributed by atoms with van der Waals surface area (Å²) in [5, 5.41) is 4.90. The molecule has 0 aliphatic heterocycles. The highest BCUT2D eigenvalue weighted by atomic mass is 19.4. The number of carbonyl (C=O) groups excluding carboxylic acids is 6. The van der Waals surface area contributed by atoms with Crippen molar-refractivity contribution in [3.63, 3.8) is 0 Å². The zero-order chi connectivity index (χ0) is 50.5. The van der Waals surface area contributed by atoms with Crippen LogP contribution in [0.15, 0.2) is 38.0 Å². The zero-order valence-electron chi connectivity index (χ0n) is 36.8. The van der Waals surface area contributed by atoms with E-state index in [2.05, 4.69) is 44.6 Å². The summed E-state index contributed by atoms with van der Waals surface area (Å²) in [6, 6.07) is -0.840. The van der Waals surface area contributed by atoms with Crippen LogP contribution in [0.25, 0.3) is 0 Å². The first-order chi connectivity index (χ1) is 29.4. The highest BCUT2D eigenvalue weighted by Crippen LogP contribution is 2.50. The predicted molar refractivity (Wildman–Crippen MR) is 206 cm³/mol. The molecule has 16 nitrogen and oxygen atoms in total.